The molecule has 3 nitrogen and oxygen atoms in total. The fourth-order valence-electron chi connectivity index (χ4n) is 4.96. The van der Waals surface area contributed by atoms with Gasteiger partial charge in [0.15, 0.2) is 0 Å². The van der Waals surface area contributed by atoms with E-state index in [4.69, 9.17) is 5.73 Å². The van der Waals surface area contributed by atoms with Crippen LogP contribution in [-0.2, 0) is 6.54 Å². The smallest absolute Gasteiger partial charge is 0.0476 e. The van der Waals surface area contributed by atoms with Gasteiger partial charge in [0.25, 0.3) is 0 Å². The van der Waals surface area contributed by atoms with E-state index in [1.165, 1.54) is 37.8 Å². The first-order valence-electron chi connectivity index (χ1n) is 9.82. The molecule has 0 amide bonds. The summed E-state index contributed by atoms with van der Waals surface area (Å²) in [6.45, 7) is 11.3. The molecule has 0 aromatic heterocycles. The predicted molar refractivity (Wildman–Crippen MR) is 102 cm³/mol. The Morgan fingerprint density at radius 2 is 1.88 bits per heavy atom. The predicted octanol–water partition coefficient (Wildman–Crippen LogP) is 3.49. The van der Waals surface area contributed by atoms with E-state index in [1.807, 2.05) is 0 Å². The molecule has 1 aromatic carbocycles. The zero-order valence-corrected chi connectivity index (χ0v) is 15.7. The molecule has 2 heterocycles. The average molecular weight is 330 g/mol. The van der Waals surface area contributed by atoms with Crippen LogP contribution in [0, 0.1) is 5.92 Å². The molecule has 0 bridgehead atoms. The molecule has 0 aliphatic carbocycles. The maximum atomic E-state index is 6.40. The van der Waals surface area contributed by atoms with Crippen molar-refractivity contribution in [2.45, 2.75) is 70.6 Å². The second kappa shape index (κ2) is 7.55. The van der Waals surface area contributed by atoms with Gasteiger partial charge in [0.2, 0.25) is 0 Å². The third kappa shape index (κ3) is 3.54. The van der Waals surface area contributed by atoms with Crippen LogP contribution >= 0.6 is 0 Å². The van der Waals surface area contributed by atoms with Gasteiger partial charge in [0.1, 0.15) is 0 Å². The van der Waals surface area contributed by atoms with Crippen molar-refractivity contribution in [1.29, 1.82) is 0 Å². The highest BCUT2D eigenvalue weighted by Crippen LogP contribution is 2.38. The van der Waals surface area contributed by atoms with Gasteiger partial charge in [-0.1, -0.05) is 43.7 Å². The summed E-state index contributed by atoms with van der Waals surface area (Å²) in [5.41, 5.74) is 7.98. The van der Waals surface area contributed by atoms with Crippen molar-refractivity contribution in [2.75, 3.05) is 19.6 Å². The molecule has 2 fully saturated rings. The number of nitrogens with two attached hydrogens (primary N) is 1. The van der Waals surface area contributed by atoms with Crippen LogP contribution in [0.4, 0.5) is 0 Å². The van der Waals surface area contributed by atoms with E-state index in [1.54, 1.807) is 0 Å². The Kier molecular flexibility index (Phi) is 5.63. The van der Waals surface area contributed by atoms with E-state index < -0.39 is 0 Å². The summed E-state index contributed by atoms with van der Waals surface area (Å²) in [5, 5.41) is 0. The van der Waals surface area contributed by atoms with E-state index in [2.05, 4.69) is 60.9 Å². The Balaban J connectivity index is 1.75. The Hall–Kier alpha value is -0.900. The van der Waals surface area contributed by atoms with Gasteiger partial charge in [0, 0.05) is 43.8 Å². The Labute approximate surface area is 148 Å². The maximum absolute atomic E-state index is 6.40. The topological polar surface area (TPSA) is 32.5 Å². The molecule has 1 aromatic rings. The molecule has 24 heavy (non-hydrogen) atoms. The minimum atomic E-state index is 0.168. The molecule has 0 spiro atoms. The van der Waals surface area contributed by atoms with E-state index in [9.17, 15) is 0 Å². The van der Waals surface area contributed by atoms with Crippen LogP contribution in [0.2, 0.25) is 0 Å². The van der Waals surface area contributed by atoms with Gasteiger partial charge in [-0.05, 0) is 44.6 Å². The first-order valence-corrected chi connectivity index (χ1v) is 9.82. The Morgan fingerprint density at radius 1 is 1.12 bits per heavy atom. The summed E-state index contributed by atoms with van der Waals surface area (Å²) in [7, 11) is 0. The minimum Gasteiger partial charge on any atom is -0.329 e. The summed E-state index contributed by atoms with van der Waals surface area (Å²) < 4.78 is 0. The van der Waals surface area contributed by atoms with Crippen molar-refractivity contribution < 1.29 is 0 Å². The van der Waals surface area contributed by atoms with Gasteiger partial charge in [-0.3, -0.25) is 9.80 Å². The zero-order chi connectivity index (χ0) is 17.2. The largest absolute Gasteiger partial charge is 0.329 e. The number of nitrogens with zero attached hydrogens (tertiary/aromatic N) is 2. The normalized spacial score (nSPS) is 35.4. The molecule has 2 aliphatic rings. The van der Waals surface area contributed by atoms with Gasteiger partial charge in [-0.2, -0.15) is 0 Å². The highest BCUT2D eigenvalue weighted by molar-refractivity contribution is 5.16. The summed E-state index contributed by atoms with van der Waals surface area (Å²) in [4.78, 5) is 5.43. The third-order valence-electron chi connectivity index (χ3n) is 6.57. The van der Waals surface area contributed by atoms with Crippen LogP contribution in [-0.4, -0.2) is 47.1 Å². The molecule has 3 heteroatoms. The second-order valence-corrected chi connectivity index (χ2v) is 8.23. The lowest BCUT2D eigenvalue weighted by Gasteiger charge is -2.49. The first-order chi connectivity index (χ1) is 11.6. The number of hydrogen-bond donors (Lipinski definition) is 1. The summed E-state index contributed by atoms with van der Waals surface area (Å²) in [6, 6.07) is 12.1. The molecule has 134 valence electrons. The SMILES string of the molecule is CCC1CCC(C)N(C2(CN)CC(C)N(Cc3ccccc3)C2)C1. The average Bonchev–Trinajstić information content (AvgIpc) is 2.93. The van der Waals surface area contributed by atoms with Crippen molar-refractivity contribution >= 4 is 0 Å². The van der Waals surface area contributed by atoms with Crippen LogP contribution in [0.5, 0.6) is 0 Å². The first kappa shape index (κ1) is 17.9. The van der Waals surface area contributed by atoms with Crippen molar-refractivity contribution in [2.24, 2.45) is 11.7 Å². The number of benzene rings is 1. The molecule has 3 rings (SSSR count). The van der Waals surface area contributed by atoms with Crippen LogP contribution in [0.1, 0.15) is 52.0 Å². The van der Waals surface area contributed by atoms with Crippen LogP contribution in [0.25, 0.3) is 0 Å². The van der Waals surface area contributed by atoms with Crippen LogP contribution < -0.4 is 5.73 Å². The third-order valence-corrected chi connectivity index (χ3v) is 6.57. The molecule has 2 saturated heterocycles. The van der Waals surface area contributed by atoms with E-state index in [0.29, 0.717) is 12.1 Å². The lowest BCUT2D eigenvalue weighted by Crippen LogP contribution is -2.61. The standard InChI is InChI=1S/C21H35N3/c1-4-19-11-10-17(2)24(14-19)21(15-22)12-18(3)23(16-21)13-20-8-6-5-7-9-20/h5-9,17-19H,4,10-16,22H2,1-3H3. The van der Waals surface area contributed by atoms with E-state index in [0.717, 1.165) is 25.6 Å². The number of hydrogen-bond acceptors (Lipinski definition) is 3. The minimum absolute atomic E-state index is 0.168. The summed E-state index contributed by atoms with van der Waals surface area (Å²) in [5.74, 6) is 0.850. The Morgan fingerprint density at radius 3 is 2.54 bits per heavy atom. The monoisotopic (exact) mass is 329 g/mol. The van der Waals surface area contributed by atoms with E-state index in [-0.39, 0.29) is 5.54 Å². The van der Waals surface area contributed by atoms with Crippen molar-refractivity contribution in [3.63, 3.8) is 0 Å². The lowest BCUT2D eigenvalue weighted by molar-refractivity contribution is 0.0105. The highest BCUT2D eigenvalue weighted by Gasteiger charge is 2.48. The molecule has 4 unspecified atom stereocenters. The second-order valence-electron chi connectivity index (χ2n) is 8.23. The van der Waals surface area contributed by atoms with Gasteiger partial charge >= 0.3 is 0 Å². The number of likely N-dealkylation sites (tertiary alicyclic amines) is 2. The number of piperidine rings is 1. The molecule has 0 saturated carbocycles. The lowest BCUT2D eigenvalue weighted by atomic mass is 9.84. The van der Waals surface area contributed by atoms with Crippen LogP contribution in [0.15, 0.2) is 30.3 Å². The molecular formula is C21H35N3. The molecule has 4 atom stereocenters. The maximum Gasteiger partial charge on any atom is 0.0476 e. The van der Waals surface area contributed by atoms with Gasteiger partial charge in [0.05, 0.1) is 0 Å². The molecule has 2 aliphatic heterocycles. The van der Waals surface area contributed by atoms with Crippen molar-refractivity contribution in [3.05, 3.63) is 35.9 Å². The van der Waals surface area contributed by atoms with E-state index >= 15 is 0 Å². The Bertz CT molecular complexity index is 517. The fraction of sp³-hybridized carbons (Fsp3) is 0.714. The quantitative estimate of drug-likeness (QED) is 0.897. The zero-order valence-electron chi connectivity index (χ0n) is 15.7. The molecular weight excluding hydrogens is 294 g/mol. The van der Waals surface area contributed by atoms with Gasteiger partial charge in [-0.15, -0.1) is 0 Å². The summed E-state index contributed by atoms with van der Waals surface area (Å²) >= 11 is 0. The number of rotatable bonds is 5. The highest BCUT2D eigenvalue weighted by atomic mass is 15.3. The van der Waals surface area contributed by atoms with Crippen molar-refractivity contribution in [1.82, 2.24) is 9.80 Å². The molecule has 0 radical (unpaired) electrons. The van der Waals surface area contributed by atoms with Crippen LogP contribution in [0.3, 0.4) is 0 Å². The molecule has 2 N–H and O–H groups in total. The fourth-order valence-corrected chi connectivity index (χ4v) is 4.96. The van der Waals surface area contributed by atoms with Gasteiger partial charge < -0.3 is 5.73 Å². The van der Waals surface area contributed by atoms with Gasteiger partial charge in [-0.25, -0.2) is 0 Å². The summed E-state index contributed by atoms with van der Waals surface area (Å²) in [6.07, 6.45) is 5.22. The van der Waals surface area contributed by atoms with Crippen molar-refractivity contribution in [3.8, 4) is 0 Å².